The van der Waals surface area contributed by atoms with Crippen LogP contribution in [0.15, 0.2) is 5.38 Å². The summed E-state index contributed by atoms with van der Waals surface area (Å²) in [5.41, 5.74) is 0.402. The largest absolute Gasteiger partial charge is 0.461 e. The number of ether oxygens (including phenoxy) is 1. The summed E-state index contributed by atoms with van der Waals surface area (Å²) >= 11 is 1.51. The van der Waals surface area contributed by atoms with Crippen molar-refractivity contribution in [2.75, 3.05) is 19.7 Å². The molecule has 1 saturated heterocycles. The number of carbonyl (C=O) groups is 2. The molecule has 2 heterocycles. The van der Waals surface area contributed by atoms with Crippen LogP contribution in [0.4, 0.5) is 0 Å². The molecule has 1 aromatic heterocycles. The number of likely N-dealkylation sites (tertiary alicyclic amines) is 1. The Morgan fingerprint density at radius 3 is 2.70 bits per heavy atom. The molecule has 0 atom stereocenters. The molecule has 110 valence electrons. The molecular formula is C14H20N2O3S. The van der Waals surface area contributed by atoms with Crippen molar-refractivity contribution in [1.29, 1.82) is 0 Å². The molecule has 1 fully saturated rings. The number of esters is 1. The van der Waals surface area contributed by atoms with Gasteiger partial charge in [0.05, 0.1) is 11.6 Å². The number of aromatic nitrogens is 1. The van der Waals surface area contributed by atoms with Gasteiger partial charge < -0.3 is 9.64 Å². The van der Waals surface area contributed by atoms with Gasteiger partial charge in [-0.15, -0.1) is 11.3 Å². The zero-order valence-corrected chi connectivity index (χ0v) is 12.7. The number of thiazole rings is 1. The normalized spacial score (nSPS) is 16.2. The number of hydrogen-bond donors (Lipinski definition) is 0. The summed E-state index contributed by atoms with van der Waals surface area (Å²) in [6.07, 6.45) is 2.40. The van der Waals surface area contributed by atoms with Crippen molar-refractivity contribution in [1.82, 2.24) is 9.88 Å². The van der Waals surface area contributed by atoms with Gasteiger partial charge >= 0.3 is 5.97 Å². The number of nitrogens with zero attached hydrogens (tertiary/aromatic N) is 2. The van der Waals surface area contributed by atoms with Crippen LogP contribution in [0.1, 0.15) is 54.5 Å². The molecule has 0 unspecified atom stereocenters. The first-order chi connectivity index (χ1) is 9.65. The number of carbonyl (C=O) groups excluding carboxylic acids is 2. The summed E-state index contributed by atoms with van der Waals surface area (Å²) in [7, 11) is 0. The lowest BCUT2D eigenvalue weighted by molar-refractivity contribution is -0.131. The summed E-state index contributed by atoms with van der Waals surface area (Å²) in [6.45, 7) is 5.60. The van der Waals surface area contributed by atoms with Gasteiger partial charge in [-0.2, -0.15) is 0 Å². The second kappa shape index (κ2) is 6.83. The monoisotopic (exact) mass is 296 g/mol. The molecule has 20 heavy (non-hydrogen) atoms. The van der Waals surface area contributed by atoms with Crippen LogP contribution in [0.5, 0.6) is 0 Å². The summed E-state index contributed by atoms with van der Waals surface area (Å²) in [6, 6.07) is 0. The first-order valence-corrected chi connectivity index (χ1v) is 7.94. The van der Waals surface area contributed by atoms with E-state index in [-0.39, 0.29) is 11.9 Å². The Labute approximate surface area is 122 Å². The lowest BCUT2D eigenvalue weighted by atomic mass is 9.97. The maximum Gasteiger partial charge on any atom is 0.357 e. The number of amides is 1. The van der Waals surface area contributed by atoms with Gasteiger partial charge in [-0.05, 0) is 19.8 Å². The average Bonchev–Trinajstić information content (AvgIpc) is 2.97. The maximum absolute atomic E-state index is 11.6. The minimum Gasteiger partial charge on any atom is -0.461 e. The predicted octanol–water partition coefficient (Wildman–Crippen LogP) is 2.44. The molecule has 2 rings (SSSR count). The second-order valence-corrected chi connectivity index (χ2v) is 5.69. The van der Waals surface area contributed by atoms with E-state index in [1.807, 2.05) is 11.8 Å². The van der Waals surface area contributed by atoms with E-state index in [1.54, 1.807) is 12.3 Å². The topological polar surface area (TPSA) is 59.5 Å². The smallest absolute Gasteiger partial charge is 0.357 e. The maximum atomic E-state index is 11.6. The summed E-state index contributed by atoms with van der Waals surface area (Å²) in [5, 5.41) is 2.74. The van der Waals surface area contributed by atoms with Gasteiger partial charge in [-0.25, -0.2) is 9.78 Å². The molecule has 1 aromatic rings. The van der Waals surface area contributed by atoms with Crippen LogP contribution in [0.2, 0.25) is 0 Å². The van der Waals surface area contributed by atoms with Crippen molar-refractivity contribution in [3.63, 3.8) is 0 Å². The molecule has 0 radical (unpaired) electrons. The van der Waals surface area contributed by atoms with Crippen molar-refractivity contribution in [2.24, 2.45) is 0 Å². The average molecular weight is 296 g/mol. The summed E-state index contributed by atoms with van der Waals surface area (Å²) in [4.78, 5) is 29.5. The van der Waals surface area contributed by atoms with Crippen LogP contribution in [-0.2, 0) is 9.53 Å². The Kier molecular flexibility index (Phi) is 5.11. The molecule has 0 aromatic carbocycles. The van der Waals surface area contributed by atoms with E-state index in [1.165, 1.54) is 11.3 Å². The molecule has 1 aliphatic rings. The number of rotatable bonds is 4. The van der Waals surface area contributed by atoms with E-state index in [0.29, 0.717) is 24.6 Å². The first kappa shape index (κ1) is 15.0. The molecule has 0 N–H and O–H groups in total. The van der Waals surface area contributed by atoms with Gasteiger partial charge in [0, 0.05) is 30.8 Å². The van der Waals surface area contributed by atoms with Crippen LogP contribution >= 0.6 is 11.3 Å². The van der Waals surface area contributed by atoms with Gasteiger partial charge in [0.1, 0.15) is 0 Å². The fourth-order valence-corrected chi connectivity index (χ4v) is 3.33. The molecule has 0 aliphatic carbocycles. The van der Waals surface area contributed by atoms with Crippen molar-refractivity contribution < 1.29 is 14.3 Å². The van der Waals surface area contributed by atoms with Crippen molar-refractivity contribution in [3.8, 4) is 0 Å². The van der Waals surface area contributed by atoms with E-state index in [2.05, 4.69) is 4.98 Å². The Morgan fingerprint density at radius 2 is 2.10 bits per heavy atom. The highest BCUT2D eigenvalue weighted by molar-refractivity contribution is 7.09. The summed E-state index contributed by atoms with van der Waals surface area (Å²) < 4.78 is 4.94. The van der Waals surface area contributed by atoms with Crippen LogP contribution < -0.4 is 0 Å². The Bertz CT molecular complexity index is 479. The van der Waals surface area contributed by atoms with Crippen molar-refractivity contribution >= 4 is 23.2 Å². The standard InChI is InChI=1S/C14H20N2O3S/c1-3-12(17)16-7-5-10(6-8-16)13-15-11(9-20-13)14(18)19-4-2/h9-10H,3-8H2,1-2H3. The zero-order chi connectivity index (χ0) is 14.5. The lowest BCUT2D eigenvalue weighted by Crippen LogP contribution is -2.37. The zero-order valence-electron chi connectivity index (χ0n) is 11.9. The van der Waals surface area contributed by atoms with Gasteiger partial charge in [-0.3, -0.25) is 4.79 Å². The van der Waals surface area contributed by atoms with Crippen molar-refractivity contribution in [3.05, 3.63) is 16.1 Å². The van der Waals surface area contributed by atoms with Crippen molar-refractivity contribution in [2.45, 2.75) is 39.0 Å². The fourth-order valence-electron chi connectivity index (χ4n) is 2.37. The number of piperidine rings is 1. The molecule has 5 nitrogen and oxygen atoms in total. The number of hydrogen-bond acceptors (Lipinski definition) is 5. The molecule has 0 bridgehead atoms. The molecule has 0 saturated carbocycles. The highest BCUT2D eigenvalue weighted by Crippen LogP contribution is 2.30. The minimum atomic E-state index is -0.353. The van der Waals surface area contributed by atoms with Gasteiger partial charge in [0.15, 0.2) is 5.69 Å². The van der Waals surface area contributed by atoms with E-state index < -0.39 is 0 Å². The minimum absolute atomic E-state index is 0.217. The van der Waals surface area contributed by atoms with E-state index in [9.17, 15) is 9.59 Å². The molecule has 1 amide bonds. The van der Waals surface area contributed by atoms with Crippen LogP contribution in [0, 0.1) is 0 Å². The fraction of sp³-hybridized carbons (Fsp3) is 0.643. The van der Waals surface area contributed by atoms with E-state index in [4.69, 9.17) is 4.74 Å². The second-order valence-electron chi connectivity index (χ2n) is 4.80. The highest BCUT2D eigenvalue weighted by Gasteiger charge is 2.25. The third-order valence-corrected chi connectivity index (χ3v) is 4.51. The molecule has 1 aliphatic heterocycles. The highest BCUT2D eigenvalue weighted by atomic mass is 32.1. The van der Waals surface area contributed by atoms with Gasteiger partial charge in [0.2, 0.25) is 5.91 Å². The summed E-state index contributed by atoms with van der Waals surface area (Å²) in [5.74, 6) is 0.215. The quantitative estimate of drug-likeness (QED) is 0.801. The third kappa shape index (κ3) is 3.36. The molecule has 6 heteroatoms. The first-order valence-electron chi connectivity index (χ1n) is 7.06. The van der Waals surface area contributed by atoms with Gasteiger partial charge in [-0.1, -0.05) is 6.92 Å². The Hall–Kier alpha value is -1.43. The predicted molar refractivity (Wildman–Crippen MR) is 76.9 cm³/mol. The van der Waals surface area contributed by atoms with E-state index in [0.717, 1.165) is 30.9 Å². The Balaban J connectivity index is 1.94. The van der Waals surface area contributed by atoms with Gasteiger partial charge in [0.25, 0.3) is 0 Å². The van der Waals surface area contributed by atoms with Crippen LogP contribution in [0.25, 0.3) is 0 Å². The molecule has 0 spiro atoms. The Morgan fingerprint density at radius 1 is 1.40 bits per heavy atom. The lowest BCUT2D eigenvalue weighted by Gasteiger charge is -2.30. The van der Waals surface area contributed by atoms with Crippen LogP contribution in [-0.4, -0.2) is 41.5 Å². The SMILES string of the molecule is CCOC(=O)c1csc(C2CCN(C(=O)CC)CC2)n1. The van der Waals surface area contributed by atoms with E-state index >= 15 is 0 Å². The molecular weight excluding hydrogens is 276 g/mol. The third-order valence-electron chi connectivity index (χ3n) is 3.51. The van der Waals surface area contributed by atoms with Crippen LogP contribution in [0.3, 0.4) is 0 Å².